The third-order valence-electron chi connectivity index (χ3n) is 6.64. The van der Waals surface area contributed by atoms with Gasteiger partial charge in [-0.15, -0.1) is 0 Å². The van der Waals surface area contributed by atoms with Gasteiger partial charge in [-0.1, -0.05) is 30.3 Å². The second kappa shape index (κ2) is 13.3. The Labute approximate surface area is 244 Å². The van der Waals surface area contributed by atoms with E-state index in [1.807, 2.05) is 37.3 Å². The van der Waals surface area contributed by atoms with Gasteiger partial charge in [0.25, 0.3) is 0 Å². The van der Waals surface area contributed by atoms with Crippen LogP contribution in [0.4, 0.5) is 0 Å². The molecule has 1 aliphatic heterocycles. The molecule has 0 bridgehead atoms. The smallest absolute Gasteiger partial charge is 0.325 e. The molecule has 220 valence electrons. The van der Waals surface area contributed by atoms with Gasteiger partial charge in [0.05, 0.1) is 0 Å². The number of carbonyl (C=O) groups is 4. The number of benzene rings is 3. The van der Waals surface area contributed by atoms with Crippen molar-refractivity contribution in [1.82, 2.24) is 4.90 Å². The van der Waals surface area contributed by atoms with Crippen molar-refractivity contribution in [2.45, 2.75) is 45.8 Å². The summed E-state index contributed by atoms with van der Waals surface area (Å²) in [5.41, 5.74) is 0.978. The van der Waals surface area contributed by atoms with Crippen LogP contribution in [0.25, 0.3) is 0 Å². The Bertz CT molecular complexity index is 1400. The lowest BCUT2D eigenvalue weighted by Gasteiger charge is -2.40. The number of nitrogens with zero attached hydrogens (tertiary/aromatic N) is 1. The first-order chi connectivity index (χ1) is 20.1. The summed E-state index contributed by atoms with van der Waals surface area (Å²) in [4.78, 5) is 50.1. The van der Waals surface area contributed by atoms with Crippen molar-refractivity contribution in [1.29, 1.82) is 0 Å². The fourth-order valence-corrected chi connectivity index (χ4v) is 4.85. The fourth-order valence-electron chi connectivity index (χ4n) is 4.85. The van der Waals surface area contributed by atoms with E-state index in [1.165, 1.54) is 18.7 Å². The van der Waals surface area contributed by atoms with E-state index in [4.69, 9.17) is 23.7 Å². The van der Waals surface area contributed by atoms with Crippen LogP contribution in [-0.4, -0.2) is 48.9 Å². The van der Waals surface area contributed by atoms with Gasteiger partial charge in [0.1, 0.15) is 41.8 Å². The van der Waals surface area contributed by atoms with Crippen molar-refractivity contribution in [3.8, 4) is 23.0 Å². The second-order valence-electron chi connectivity index (χ2n) is 9.76. The van der Waals surface area contributed by atoms with Gasteiger partial charge in [0.15, 0.2) is 0 Å². The monoisotopic (exact) mass is 575 g/mol. The first-order valence-electron chi connectivity index (χ1n) is 13.5. The minimum absolute atomic E-state index is 0.0265. The summed E-state index contributed by atoms with van der Waals surface area (Å²) in [5, 5.41) is 0. The Hall–Kier alpha value is -4.70. The number of esters is 3. The lowest BCUT2D eigenvalue weighted by molar-refractivity contribution is -0.150. The minimum atomic E-state index is -1.13. The molecule has 0 radical (unpaired) electrons. The number of hydrogen-bond donors (Lipinski definition) is 0. The standard InChI is InChI=1S/C32H33NO9/c1-5-39-32(16-15-30(36)33(4)19-31(37)38-20-23-9-7-6-8-10-23)26-13-11-24(40-21(2)34)17-28(26)42-29-18-25(41-22(3)35)12-14-27(29)32/h6-14,17-18H,5,15-16,19-20H2,1-4H3. The van der Waals surface area contributed by atoms with Crippen LogP contribution in [-0.2, 0) is 40.9 Å². The molecule has 3 aromatic rings. The second-order valence-corrected chi connectivity index (χ2v) is 9.76. The molecule has 42 heavy (non-hydrogen) atoms. The zero-order chi connectivity index (χ0) is 30.3. The number of amides is 1. The number of ether oxygens (including phenoxy) is 5. The highest BCUT2D eigenvalue weighted by Gasteiger charge is 2.44. The summed E-state index contributed by atoms with van der Waals surface area (Å²) in [6.45, 7) is 4.64. The van der Waals surface area contributed by atoms with E-state index < -0.39 is 23.5 Å². The third kappa shape index (κ3) is 7.13. The van der Waals surface area contributed by atoms with Crippen molar-refractivity contribution in [3.05, 3.63) is 83.4 Å². The summed E-state index contributed by atoms with van der Waals surface area (Å²) in [6.07, 6.45) is 0.227. The summed E-state index contributed by atoms with van der Waals surface area (Å²) in [7, 11) is 1.54. The maximum absolute atomic E-state index is 13.2. The number of fused-ring (bicyclic) bond motifs is 2. The summed E-state index contributed by atoms with van der Waals surface area (Å²) < 4.78 is 28.4. The molecule has 3 aromatic carbocycles. The Balaban J connectivity index is 1.58. The lowest BCUT2D eigenvalue weighted by Crippen LogP contribution is -2.38. The average Bonchev–Trinajstić information content (AvgIpc) is 2.94. The van der Waals surface area contributed by atoms with Crippen LogP contribution in [0.3, 0.4) is 0 Å². The van der Waals surface area contributed by atoms with E-state index in [0.29, 0.717) is 29.2 Å². The first kappa shape index (κ1) is 30.3. The molecule has 0 aromatic heterocycles. The Morgan fingerprint density at radius 1 is 0.833 bits per heavy atom. The van der Waals surface area contributed by atoms with Crippen LogP contribution in [0.15, 0.2) is 66.7 Å². The van der Waals surface area contributed by atoms with Gasteiger partial charge in [-0.05, 0) is 43.2 Å². The zero-order valence-corrected chi connectivity index (χ0v) is 24.0. The van der Waals surface area contributed by atoms with Gasteiger partial charge in [-0.2, -0.15) is 0 Å². The summed E-state index contributed by atoms with van der Waals surface area (Å²) in [6, 6.07) is 19.2. The number of rotatable bonds is 11. The average molecular weight is 576 g/mol. The third-order valence-corrected chi connectivity index (χ3v) is 6.64. The minimum Gasteiger partial charge on any atom is -0.459 e. The van der Waals surface area contributed by atoms with E-state index in [2.05, 4.69) is 0 Å². The molecular weight excluding hydrogens is 542 g/mol. The van der Waals surface area contributed by atoms with E-state index in [1.54, 1.807) is 43.4 Å². The molecule has 0 spiro atoms. The molecule has 0 atom stereocenters. The van der Waals surface area contributed by atoms with Crippen molar-refractivity contribution >= 4 is 23.8 Å². The van der Waals surface area contributed by atoms with Gasteiger partial charge < -0.3 is 28.6 Å². The molecule has 0 aliphatic carbocycles. The van der Waals surface area contributed by atoms with Crippen LogP contribution in [0.5, 0.6) is 23.0 Å². The Morgan fingerprint density at radius 3 is 1.93 bits per heavy atom. The van der Waals surface area contributed by atoms with Gasteiger partial charge in [0.2, 0.25) is 5.91 Å². The van der Waals surface area contributed by atoms with E-state index >= 15 is 0 Å². The van der Waals surface area contributed by atoms with Crippen LogP contribution < -0.4 is 14.2 Å². The quantitative estimate of drug-likeness (QED) is 0.232. The van der Waals surface area contributed by atoms with Crippen LogP contribution in [0.2, 0.25) is 0 Å². The van der Waals surface area contributed by atoms with E-state index in [9.17, 15) is 19.2 Å². The van der Waals surface area contributed by atoms with Gasteiger partial charge in [0, 0.05) is 57.2 Å². The predicted molar refractivity (Wildman–Crippen MR) is 151 cm³/mol. The fraction of sp³-hybridized carbons (Fsp3) is 0.312. The lowest BCUT2D eigenvalue weighted by atomic mass is 9.79. The summed E-state index contributed by atoms with van der Waals surface area (Å²) >= 11 is 0. The van der Waals surface area contributed by atoms with Gasteiger partial charge in [-0.3, -0.25) is 19.2 Å². The highest BCUT2D eigenvalue weighted by molar-refractivity contribution is 5.82. The Morgan fingerprint density at radius 2 is 1.40 bits per heavy atom. The van der Waals surface area contributed by atoms with Gasteiger partial charge >= 0.3 is 17.9 Å². The molecule has 0 unspecified atom stereocenters. The zero-order valence-electron chi connectivity index (χ0n) is 24.0. The molecule has 10 heteroatoms. The topological polar surface area (TPSA) is 118 Å². The largest absolute Gasteiger partial charge is 0.459 e. The van der Waals surface area contributed by atoms with Crippen LogP contribution >= 0.6 is 0 Å². The van der Waals surface area contributed by atoms with Crippen molar-refractivity contribution in [3.63, 3.8) is 0 Å². The summed E-state index contributed by atoms with van der Waals surface area (Å²) in [5.74, 6) is -0.516. The first-order valence-corrected chi connectivity index (χ1v) is 13.5. The molecular formula is C32H33NO9. The molecule has 1 heterocycles. The van der Waals surface area contributed by atoms with Crippen molar-refractivity contribution in [2.75, 3.05) is 20.2 Å². The number of hydrogen-bond acceptors (Lipinski definition) is 9. The maximum Gasteiger partial charge on any atom is 0.325 e. The highest BCUT2D eigenvalue weighted by Crippen LogP contribution is 2.53. The Kier molecular flexibility index (Phi) is 9.59. The normalized spacial score (nSPS) is 12.7. The molecule has 10 nitrogen and oxygen atoms in total. The molecule has 0 saturated heterocycles. The van der Waals surface area contributed by atoms with Gasteiger partial charge in [-0.25, -0.2) is 0 Å². The van der Waals surface area contributed by atoms with E-state index in [-0.39, 0.29) is 43.4 Å². The molecule has 4 rings (SSSR count). The SMILES string of the molecule is CCOC1(CCC(=O)N(C)CC(=O)OCc2ccccc2)c2ccc(OC(C)=O)cc2Oc2cc(OC(C)=O)ccc21. The molecule has 0 N–H and O–H groups in total. The van der Waals surface area contributed by atoms with Crippen LogP contribution in [0.1, 0.15) is 50.3 Å². The molecule has 0 fully saturated rings. The van der Waals surface area contributed by atoms with E-state index in [0.717, 1.165) is 5.56 Å². The van der Waals surface area contributed by atoms with Crippen molar-refractivity contribution < 1.29 is 42.9 Å². The highest BCUT2D eigenvalue weighted by atomic mass is 16.5. The molecule has 1 aliphatic rings. The number of likely N-dealkylation sites (N-methyl/N-ethyl adjacent to an activating group) is 1. The van der Waals surface area contributed by atoms with Crippen LogP contribution in [0, 0.1) is 0 Å². The molecule has 1 amide bonds. The predicted octanol–water partition coefficient (Wildman–Crippen LogP) is 4.91. The maximum atomic E-state index is 13.2. The molecule has 0 saturated carbocycles. The number of carbonyl (C=O) groups excluding carboxylic acids is 4. The van der Waals surface area contributed by atoms with Crippen molar-refractivity contribution in [2.24, 2.45) is 0 Å².